The van der Waals surface area contributed by atoms with Gasteiger partial charge < -0.3 is 15.8 Å². The Bertz CT molecular complexity index is 1430. The number of pyridine rings is 1. The number of nitrogens with two attached hydrogens (primary N) is 1. The van der Waals surface area contributed by atoms with Gasteiger partial charge in [-0.05, 0) is 48.9 Å². The average Bonchev–Trinajstić information content (AvgIpc) is 3.15. The number of anilines is 2. The fraction of sp³-hybridized carbons (Fsp3) is 0.125. The molecule has 0 unspecified atom stereocenters. The Morgan fingerprint density at radius 1 is 1.09 bits per heavy atom. The van der Waals surface area contributed by atoms with Crippen LogP contribution in [0.15, 0.2) is 67.1 Å². The van der Waals surface area contributed by atoms with E-state index in [0.29, 0.717) is 28.5 Å². The van der Waals surface area contributed by atoms with Crippen molar-refractivity contribution in [1.29, 1.82) is 0 Å². The molecule has 3 N–H and O–H groups in total. The first kappa shape index (κ1) is 20.1. The predicted octanol–water partition coefficient (Wildman–Crippen LogP) is 5.22. The first-order valence-electron chi connectivity index (χ1n) is 10.3. The van der Waals surface area contributed by atoms with E-state index in [9.17, 15) is 0 Å². The van der Waals surface area contributed by atoms with Gasteiger partial charge in [-0.15, -0.1) is 0 Å². The molecule has 5 aromatic rings. The van der Waals surface area contributed by atoms with Gasteiger partial charge in [0.1, 0.15) is 30.3 Å². The van der Waals surface area contributed by atoms with Crippen molar-refractivity contribution in [3.63, 3.8) is 0 Å². The zero-order valence-electron chi connectivity index (χ0n) is 17.4. The van der Waals surface area contributed by atoms with E-state index in [1.165, 1.54) is 6.33 Å². The minimum absolute atomic E-state index is 0.362. The number of hydrogen-bond acceptors (Lipinski definition) is 6. The SMILES string of the molecule is CCNc1ccc2ccc(OCc3cccc(-n4cc(Cl)c5c(N)ncnc54)c3)cc2n1. The predicted molar refractivity (Wildman–Crippen MR) is 129 cm³/mol. The second-order valence-electron chi connectivity index (χ2n) is 7.34. The van der Waals surface area contributed by atoms with Crippen molar-refractivity contribution < 1.29 is 4.74 Å². The van der Waals surface area contributed by atoms with Crippen molar-refractivity contribution >= 4 is 45.2 Å². The molecule has 3 heterocycles. The van der Waals surface area contributed by atoms with Crippen molar-refractivity contribution in [2.24, 2.45) is 0 Å². The highest BCUT2D eigenvalue weighted by Crippen LogP contribution is 2.30. The summed E-state index contributed by atoms with van der Waals surface area (Å²) in [6.45, 7) is 3.29. The first-order chi connectivity index (χ1) is 15.6. The van der Waals surface area contributed by atoms with Crippen LogP contribution >= 0.6 is 11.6 Å². The van der Waals surface area contributed by atoms with Gasteiger partial charge in [0.25, 0.3) is 0 Å². The summed E-state index contributed by atoms with van der Waals surface area (Å²) in [6, 6.07) is 18.0. The van der Waals surface area contributed by atoms with Crippen LogP contribution in [0.2, 0.25) is 5.02 Å². The van der Waals surface area contributed by atoms with Crippen LogP contribution in [0.25, 0.3) is 27.6 Å². The number of nitrogen functional groups attached to an aromatic ring is 1. The molecule has 5 rings (SSSR count). The average molecular weight is 445 g/mol. The summed E-state index contributed by atoms with van der Waals surface area (Å²) in [5, 5.41) is 5.47. The molecule has 0 aliphatic rings. The molecule has 160 valence electrons. The van der Waals surface area contributed by atoms with Crippen molar-refractivity contribution in [3.05, 3.63) is 77.7 Å². The molecular weight excluding hydrogens is 424 g/mol. The van der Waals surface area contributed by atoms with Crippen LogP contribution in [-0.4, -0.2) is 26.1 Å². The zero-order chi connectivity index (χ0) is 22.1. The second kappa shape index (κ2) is 8.36. The molecule has 8 heteroatoms. The molecule has 3 aromatic heterocycles. The van der Waals surface area contributed by atoms with Crippen LogP contribution in [0.3, 0.4) is 0 Å². The molecule has 0 aliphatic heterocycles. The molecule has 0 amide bonds. The Balaban J connectivity index is 1.40. The summed E-state index contributed by atoms with van der Waals surface area (Å²) in [4.78, 5) is 13.0. The fourth-order valence-electron chi connectivity index (χ4n) is 3.67. The van der Waals surface area contributed by atoms with Crippen LogP contribution in [0, 0.1) is 0 Å². The van der Waals surface area contributed by atoms with Gasteiger partial charge in [0.05, 0.1) is 15.9 Å². The molecule has 32 heavy (non-hydrogen) atoms. The molecule has 0 bridgehead atoms. The number of ether oxygens (including phenoxy) is 1. The number of nitrogens with one attached hydrogen (secondary N) is 1. The molecule has 0 aliphatic carbocycles. The number of benzene rings is 2. The third-order valence-corrected chi connectivity index (χ3v) is 5.47. The van der Waals surface area contributed by atoms with Gasteiger partial charge in [0.2, 0.25) is 0 Å². The van der Waals surface area contributed by atoms with Gasteiger partial charge in [0, 0.05) is 29.9 Å². The first-order valence-corrected chi connectivity index (χ1v) is 10.6. The topological polar surface area (TPSA) is 90.9 Å². The maximum absolute atomic E-state index is 6.38. The summed E-state index contributed by atoms with van der Waals surface area (Å²) in [7, 11) is 0. The van der Waals surface area contributed by atoms with E-state index in [0.717, 1.165) is 40.3 Å². The van der Waals surface area contributed by atoms with Crippen LogP contribution in [0.4, 0.5) is 11.6 Å². The summed E-state index contributed by atoms with van der Waals surface area (Å²) >= 11 is 6.38. The lowest BCUT2D eigenvalue weighted by Gasteiger charge is -2.10. The molecular formula is C24H21ClN6O. The van der Waals surface area contributed by atoms with Crippen molar-refractivity contribution in [3.8, 4) is 11.4 Å². The van der Waals surface area contributed by atoms with E-state index in [1.807, 2.05) is 60.0 Å². The lowest BCUT2D eigenvalue weighted by Crippen LogP contribution is -2.00. The molecule has 0 spiro atoms. The number of fused-ring (bicyclic) bond motifs is 2. The standard InChI is InChI=1S/C24H21ClN6O/c1-2-27-21-9-7-16-6-8-18(11-20(16)30-21)32-13-15-4-3-5-17(10-15)31-12-19(25)22-23(26)28-14-29-24(22)31/h3-12,14H,2,13H2,1H3,(H,27,30)(H2,26,28,29). The van der Waals surface area contributed by atoms with Crippen molar-refractivity contribution in [1.82, 2.24) is 19.5 Å². The summed E-state index contributed by atoms with van der Waals surface area (Å²) in [6.07, 6.45) is 3.24. The van der Waals surface area contributed by atoms with Crippen molar-refractivity contribution in [2.75, 3.05) is 17.6 Å². The van der Waals surface area contributed by atoms with Gasteiger partial charge in [-0.1, -0.05) is 23.7 Å². The maximum atomic E-state index is 6.38. The third-order valence-electron chi connectivity index (χ3n) is 5.18. The van der Waals surface area contributed by atoms with Crippen LogP contribution in [0.5, 0.6) is 5.75 Å². The Morgan fingerprint density at radius 3 is 2.84 bits per heavy atom. The van der Waals surface area contributed by atoms with Gasteiger partial charge >= 0.3 is 0 Å². The van der Waals surface area contributed by atoms with Gasteiger partial charge in [-0.2, -0.15) is 0 Å². The molecule has 7 nitrogen and oxygen atoms in total. The van der Waals surface area contributed by atoms with E-state index >= 15 is 0 Å². The van der Waals surface area contributed by atoms with Crippen LogP contribution in [-0.2, 0) is 6.61 Å². The highest BCUT2D eigenvalue weighted by molar-refractivity contribution is 6.36. The van der Waals surface area contributed by atoms with E-state index in [-0.39, 0.29) is 0 Å². The quantitative estimate of drug-likeness (QED) is 0.373. The molecule has 0 atom stereocenters. The largest absolute Gasteiger partial charge is 0.489 e. The van der Waals surface area contributed by atoms with E-state index < -0.39 is 0 Å². The molecule has 0 saturated heterocycles. The zero-order valence-corrected chi connectivity index (χ0v) is 18.2. The maximum Gasteiger partial charge on any atom is 0.151 e. The Morgan fingerprint density at radius 2 is 1.97 bits per heavy atom. The highest BCUT2D eigenvalue weighted by atomic mass is 35.5. The van der Waals surface area contributed by atoms with E-state index in [2.05, 4.69) is 26.3 Å². The van der Waals surface area contributed by atoms with Gasteiger partial charge in [-0.3, -0.25) is 4.57 Å². The number of nitrogens with zero attached hydrogens (tertiary/aromatic N) is 4. The third kappa shape index (κ3) is 3.78. The van der Waals surface area contributed by atoms with E-state index in [1.54, 1.807) is 6.20 Å². The summed E-state index contributed by atoms with van der Waals surface area (Å²) in [5.74, 6) is 1.98. The molecule has 2 aromatic carbocycles. The number of halogens is 1. The lowest BCUT2D eigenvalue weighted by atomic mass is 10.2. The monoisotopic (exact) mass is 444 g/mol. The van der Waals surface area contributed by atoms with E-state index in [4.69, 9.17) is 22.1 Å². The fourth-order valence-corrected chi connectivity index (χ4v) is 3.95. The molecule has 0 fully saturated rings. The van der Waals surface area contributed by atoms with Gasteiger partial charge in [0.15, 0.2) is 5.65 Å². The molecule has 0 radical (unpaired) electrons. The second-order valence-corrected chi connectivity index (χ2v) is 7.75. The van der Waals surface area contributed by atoms with Crippen LogP contribution < -0.4 is 15.8 Å². The normalized spacial score (nSPS) is 11.2. The Kier molecular flexibility index (Phi) is 5.25. The summed E-state index contributed by atoms with van der Waals surface area (Å²) < 4.78 is 7.97. The smallest absolute Gasteiger partial charge is 0.151 e. The van der Waals surface area contributed by atoms with Crippen molar-refractivity contribution in [2.45, 2.75) is 13.5 Å². The number of hydrogen-bond donors (Lipinski definition) is 2. The van der Waals surface area contributed by atoms with Crippen LogP contribution in [0.1, 0.15) is 12.5 Å². The Hall–Kier alpha value is -3.84. The minimum Gasteiger partial charge on any atom is -0.489 e. The van der Waals surface area contributed by atoms with Gasteiger partial charge in [-0.25, -0.2) is 15.0 Å². The highest BCUT2D eigenvalue weighted by Gasteiger charge is 2.13. The Labute approximate surface area is 189 Å². The lowest BCUT2D eigenvalue weighted by molar-refractivity contribution is 0.306. The minimum atomic E-state index is 0.362. The number of rotatable bonds is 6. The molecule has 0 saturated carbocycles. The summed E-state index contributed by atoms with van der Waals surface area (Å²) in [5.41, 5.74) is 9.46. The number of aromatic nitrogens is 4.